The van der Waals surface area contributed by atoms with E-state index >= 15 is 0 Å². The molecular formula is C11H16N4O2. The molecule has 2 heterocycles. The Morgan fingerprint density at radius 3 is 2.82 bits per heavy atom. The Morgan fingerprint density at radius 1 is 1.35 bits per heavy atom. The normalized spacial score (nSPS) is 24.4. The van der Waals surface area contributed by atoms with E-state index in [-0.39, 0.29) is 5.82 Å². The molecule has 0 bridgehead atoms. The highest BCUT2D eigenvalue weighted by molar-refractivity contribution is 5.83. The third-order valence-corrected chi connectivity index (χ3v) is 3.80. The Kier molecular flexibility index (Phi) is 2.49. The second-order valence-electron chi connectivity index (χ2n) is 4.84. The molecule has 0 radical (unpaired) electrons. The first-order chi connectivity index (χ1) is 8.25. The largest absolute Gasteiger partial charge is 0.475 e. The lowest BCUT2D eigenvalue weighted by atomic mass is 9.95. The lowest BCUT2D eigenvalue weighted by Crippen LogP contribution is -2.28. The van der Waals surface area contributed by atoms with Crippen LogP contribution in [0.1, 0.15) is 48.8 Å². The van der Waals surface area contributed by atoms with Gasteiger partial charge in [0, 0.05) is 6.54 Å². The lowest BCUT2D eigenvalue weighted by molar-refractivity contribution is 0.0682. The molecule has 1 atom stereocenters. The second-order valence-corrected chi connectivity index (χ2v) is 4.84. The molecule has 1 aliphatic carbocycles. The predicted molar refractivity (Wildman–Crippen MR) is 61.1 cm³/mol. The van der Waals surface area contributed by atoms with Crippen LogP contribution in [0.15, 0.2) is 0 Å². The van der Waals surface area contributed by atoms with E-state index < -0.39 is 5.97 Å². The van der Waals surface area contributed by atoms with Gasteiger partial charge in [0.2, 0.25) is 5.95 Å². The van der Waals surface area contributed by atoms with E-state index in [1.165, 1.54) is 25.7 Å². The Bertz CT molecular complexity index is 437. The van der Waals surface area contributed by atoms with Crippen molar-refractivity contribution >= 4 is 11.9 Å². The molecular weight excluding hydrogens is 220 g/mol. The summed E-state index contributed by atoms with van der Waals surface area (Å²) >= 11 is 0. The van der Waals surface area contributed by atoms with Crippen LogP contribution in [0.4, 0.5) is 5.95 Å². The van der Waals surface area contributed by atoms with Gasteiger partial charge in [0.1, 0.15) is 0 Å². The molecule has 1 saturated carbocycles. The molecule has 1 unspecified atom stereocenters. The summed E-state index contributed by atoms with van der Waals surface area (Å²) in [4.78, 5) is 14.9. The number of anilines is 1. The van der Waals surface area contributed by atoms with Crippen LogP contribution in [-0.4, -0.2) is 32.4 Å². The van der Waals surface area contributed by atoms with Crippen molar-refractivity contribution in [3.05, 3.63) is 5.82 Å². The van der Waals surface area contributed by atoms with Crippen LogP contribution in [0, 0.1) is 5.92 Å². The topological polar surface area (TPSA) is 80.0 Å². The van der Waals surface area contributed by atoms with E-state index in [2.05, 4.69) is 15.4 Å². The van der Waals surface area contributed by atoms with Crippen LogP contribution >= 0.6 is 0 Å². The molecule has 92 valence electrons. The van der Waals surface area contributed by atoms with Crippen LogP contribution in [0.3, 0.4) is 0 Å². The van der Waals surface area contributed by atoms with Crippen LogP contribution in [0.25, 0.3) is 0 Å². The van der Waals surface area contributed by atoms with E-state index in [0.717, 1.165) is 13.0 Å². The predicted octanol–water partition coefficient (Wildman–Crippen LogP) is 1.52. The number of aromatic carboxylic acids is 1. The van der Waals surface area contributed by atoms with Crippen molar-refractivity contribution in [1.82, 2.24) is 14.8 Å². The third kappa shape index (κ3) is 1.77. The number of hydrogen-bond donors (Lipinski definition) is 2. The third-order valence-electron chi connectivity index (χ3n) is 3.80. The zero-order valence-electron chi connectivity index (χ0n) is 9.59. The van der Waals surface area contributed by atoms with Gasteiger partial charge in [-0.15, -0.1) is 5.10 Å². The molecule has 2 aliphatic rings. The van der Waals surface area contributed by atoms with Crippen molar-refractivity contribution in [2.75, 3.05) is 11.9 Å². The lowest BCUT2D eigenvalue weighted by Gasteiger charge is -2.28. The SMILES string of the molecule is O=C(O)c1nc2n(n1)C(C1CCCC1)CCN2. The summed E-state index contributed by atoms with van der Waals surface area (Å²) in [5.41, 5.74) is 0. The van der Waals surface area contributed by atoms with Crippen LogP contribution < -0.4 is 5.32 Å². The van der Waals surface area contributed by atoms with Gasteiger partial charge in [-0.05, 0) is 25.2 Å². The molecule has 1 aliphatic heterocycles. The van der Waals surface area contributed by atoms with Crippen molar-refractivity contribution in [3.8, 4) is 0 Å². The maximum Gasteiger partial charge on any atom is 0.375 e. The fraction of sp³-hybridized carbons (Fsp3) is 0.727. The summed E-state index contributed by atoms with van der Waals surface area (Å²) < 4.78 is 1.79. The average molecular weight is 236 g/mol. The molecule has 0 aromatic carbocycles. The molecule has 1 aromatic heterocycles. The van der Waals surface area contributed by atoms with Gasteiger partial charge in [-0.2, -0.15) is 4.98 Å². The van der Waals surface area contributed by atoms with Gasteiger partial charge in [0.25, 0.3) is 5.82 Å². The highest BCUT2D eigenvalue weighted by atomic mass is 16.4. The van der Waals surface area contributed by atoms with E-state index in [1.54, 1.807) is 4.68 Å². The van der Waals surface area contributed by atoms with Gasteiger partial charge in [-0.3, -0.25) is 0 Å². The van der Waals surface area contributed by atoms with Gasteiger partial charge in [-0.1, -0.05) is 12.8 Å². The molecule has 0 spiro atoms. The Hall–Kier alpha value is -1.59. The van der Waals surface area contributed by atoms with Gasteiger partial charge >= 0.3 is 5.97 Å². The van der Waals surface area contributed by atoms with E-state index in [1.807, 2.05) is 0 Å². The van der Waals surface area contributed by atoms with E-state index in [9.17, 15) is 4.79 Å². The monoisotopic (exact) mass is 236 g/mol. The summed E-state index contributed by atoms with van der Waals surface area (Å²) in [6.07, 6.45) is 6.04. The van der Waals surface area contributed by atoms with Gasteiger partial charge in [0.05, 0.1) is 6.04 Å². The first-order valence-corrected chi connectivity index (χ1v) is 6.19. The highest BCUT2D eigenvalue weighted by Crippen LogP contribution is 2.38. The number of rotatable bonds is 2. The van der Waals surface area contributed by atoms with Crippen LogP contribution in [0.2, 0.25) is 0 Å². The number of nitrogens with zero attached hydrogens (tertiary/aromatic N) is 3. The fourth-order valence-electron chi connectivity index (χ4n) is 3.00. The van der Waals surface area contributed by atoms with Crippen LogP contribution in [-0.2, 0) is 0 Å². The first-order valence-electron chi connectivity index (χ1n) is 6.19. The molecule has 2 N–H and O–H groups in total. The number of aromatic nitrogens is 3. The highest BCUT2D eigenvalue weighted by Gasteiger charge is 2.32. The van der Waals surface area contributed by atoms with Gasteiger partial charge in [0.15, 0.2) is 0 Å². The van der Waals surface area contributed by atoms with Crippen molar-refractivity contribution in [2.24, 2.45) is 5.92 Å². The van der Waals surface area contributed by atoms with Gasteiger partial charge < -0.3 is 10.4 Å². The van der Waals surface area contributed by atoms with Crippen molar-refractivity contribution in [3.63, 3.8) is 0 Å². The quantitative estimate of drug-likeness (QED) is 0.813. The van der Waals surface area contributed by atoms with Crippen molar-refractivity contribution in [1.29, 1.82) is 0 Å². The number of nitrogens with one attached hydrogen (secondary N) is 1. The minimum atomic E-state index is -1.06. The Balaban J connectivity index is 1.92. The number of carboxylic acid groups (broad SMARTS) is 1. The zero-order valence-corrected chi connectivity index (χ0v) is 9.59. The van der Waals surface area contributed by atoms with E-state index in [4.69, 9.17) is 5.11 Å². The summed E-state index contributed by atoms with van der Waals surface area (Å²) in [6, 6.07) is 0.328. The molecule has 1 aromatic rings. The number of fused-ring (bicyclic) bond motifs is 1. The van der Waals surface area contributed by atoms with Crippen molar-refractivity contribution < 1.29 is 9.90 Å². The Morgan fingerprint density at radius 2 is 2.12 bits per heavy atom. The molecule has 0 amide bonds. The van der Waals surface area contributed by atoms with Crippen molar-refractivity contribution in [2.45, 2.75) is 38.1 Å². The van der Waals surface area contributed by atoms with E-state index in [0.29, 0.717) is 17.9 Å². The standard InChI is InChI=1S/C11H16N4O2/c16-10(17)9-13-11-12-6-5-8(15(11)14-9)7-3-1-2-4-7/h7-8H,1-6H2,(H,16,17)(H,12,13,14). The molecule has 6 heteroatoms. The number of hydrogen-bond acceptors (Lipinski definition) is 4. The Labute approximate surface area is 99.0 Å². The summed E-state index contributed by atoms with van der Waals surface area (Å²) in [6.45, 7) is 0.860. The summed E-state index contributed by atoms with van der Waals surface area (Å²) in [7, 11) is 0. The fourth-order valence-corrected chi connectivity index (χ4v) is 3.00. The smallest absolute Gasteiger partial charge is 0.375 e. The molecule has 17 heavy (non-hydrogen) atoms. The molecule has 0 saturated heterocycles. The number of carboxylic acids is 1. The second kappa shape index (κ2) is 4.01. The average Bonchev–Trinajstić information content (AvgIpc) is 2.97. The molecule has 3 rings (SSSR count). The summed E-state index contributed by atoms with van der Waals surface area (Å²) in [5, 5.41) is 16.2. The molecule has 6 nitrogen and oxygen atoms in total. The summed E-state index contributed by atoms with van der Waals surface area (Å²) in [5.74, 6) is 0.0982. The zero-order chi connectivity index (χ0) is 11.8. The maximum atomic E-state index is 10.9. The van der Waals surface area contributed by atoms with Gasteiger partial charge in [-0.25, -0.2) is 9.48 Å². The molecule has 1 fully saturated rings. The minimum absolute atomic E-state index is 0.0996. The number of carbonyl (C=O) groups is 1. The van der Waals surface area contributed by atoms with Crippen LogP contribution in [0.5, 0.6) is 0 Å². The first kappa shape index (κ1) is 10.6. The minimum Gasteiger partial charge on any atom is -0.475 e. The maximum absolute atomic E-state index is 10.9.